The zero-order valence-electron chi connectivity index (χ0n) is 18.2. The van der Waals surface area contributed by atoms with E-state index in [9.17, 15) is 9.59 Å². The Morgan fingerprint density at radius 2 is 1.91 bits per heavy atom. The fraction of sp³-hybridized carbons (Fsp3) is 0.261. The number of hydrogen-bond acceptors (Lipinski definition) is 8. The third-order valence-electron chi connectivity index (χ3n) is 4.88. The van der Waals surface area contributed by atoms with Gasteiger partial charge in [0.1, 0.15) is 5.75 Å². The minimum Gasteiger partial charge on any atom is -0.447 e. The number of carbonyl (C=O) groups excluding carboxylic acids is 2. The zero-order valence-corrected chi connectivity index (χ0v) is 19.0. The summed E-state index contributed by atoms with van der Waals surface area (Å²) >= 11 is 1.44. The second kappa shape index (κ2) is 8.96. The van der Waals surface area contributed by atoms with Gasteiger partial charge in [-0.05, 0) is 30.4 Å². The largest absolute Gasteiger partial charge is 0.447 e. The Labute approximate surface area is 190 Å². The van der Waals surface area contributed by atoms with Crippen molar-refractivity contribution in [1.29, 1.82) is 0 Å². The molecule has 0 bridgehead atoms. The third-order valence-corrected chi connectivity index (χ3v) is 5.60. The van der Waals surface area contributed by atoms with Gasteiger partial charge in [-0.2, -0.15) is 4.98 Å². The van der Waals surface area contributed by atoms with Crippen molar-refractivity contribution in [2.24, 2.45) is 0 Å². The summed E-state index contributed by atoms with van der Waals surface area (Å²) in [5, 5.41) is 9.05. The highest BCUT2D eigenvalue weighted by Crippen LogP contribution is 2.45. The van der Waals surface area contributed by atoms with E-state index in [-0.39, 0.29) is 11.8 Å². The predicted octanol–water partition coefficient (Wildman–Crippen LogP) is 4.33. The number of aryl methyl sites for hydroxylation is 1. The standard InChI is InChI=1S/C23H22N4O4S/c1-5-32-23-24-21-19(25-26-23)16-10-6-7-12-18(16)27(14(3)28)22(31-21)17-11-8-9-13(2)20(17)30-15(4)29/h6-12,22H,5H2,1-4H3. The highest BCUT2D eigenvalue weighted by molar-refractivity contribution is 7.99. The fourth-order valence-electron chi connectivity index (χ4n) is 3.60. The summed E-state index contributed by atoms with van der Waals surface area (Å²) in [7, 11) is 0. The number of fused-ring (bicyclic) bond motifs is 3. The van der Waals surface area contributed by atoms with Crippen molar-refractivity contribution in [2.45, 2.75) is 39.1 Å². The SMILES string of the molecule is CCSc1nnc2c(n1)OC(c1cccc(C)c1OC(C)=O)N(C(C)=O)c1ccccc1-2. The molecule has 1 aliphatic rings. The molecule has 0 fully saturated rings. The molecule has 0 N–H and O–H groups in total. The number of para-hydroxylation sites is 2. The lowest BCUT2D eigenvalue weighted by molar-refractivity contribution is -0.132. The molecule has 0 saturated carbocycles. The second-order valence-corrected chi connectivity index (χ2v) is 8.38. The quantitative estimate of drug-likeness (QED) is 0.329. The van der Waals surface area contributed by atoms with Crippen LogP contribution in [0.3, 0.4) is 0 Å². The van der Waals surface area contributed by atoms with Crippen molar-refractivity contribution in [2.75, 3.05) is 10.7 Å². The first-order chi connectivity index (χ1) is 15.4. The van der Waals surface area contributed by atoms with Gasteiger partial charge in [-0.15, -0.1) is 10.2 Å². The van der Waals surface area contributed by atoms with Crippen molar-refractivity contribution in [1.82, 2.24) is 15.2 Å². The van der Waals surface area contributed by atoms with E-state index in [0.717, 1.165) is 11.3 Å². The first-order valence-electron chi connectivity index (χ1n) is 10.1. The normalized spacial score (nSPS) is 14.6. The number of hydrogen-bond donors (Lipinski definition) is 0. The summed E-state index contributed by atoms with van der Waals surface area (Å²) in [5.74, 6) is 0.667. The molecule has 32 heavy (non-hydrogen) atoms. The molecule has 0 spiro atoms. The van der Waals surface area contributed by atoms with E-state index in [1.807, 2.05) is 50.2 Å². The Morgan fingerprint density at radius 3 is 2.62 bits per heavy atom. The van der Waals surface area contributed by atoms with E-state index in [0.29, 0.717) is 33.4 Å². The van der Waals surface area contributed by atoms with Gasteiger partial charge in [0.05, 0.1) is 11.3 Å². The Hall–Kier alpha value is -3.46. The van der Waals surface area contributed by atoms with Crippen LogP contribution in [0.2, 0.25) is 0 Å². The summed E-state index contributed by atoms with van der Waals surface area (Å²) in [5.41, 5.74) is 2.99. The topological polar surface area (TPSA) is 94.5 Å². The summed E-state index contributed by atoms with van der Waals surface area (Å²) in [6, 6.07) is 12.8. The van der Waals surface area contributed by atoms with E-state index < -0.39 is 12.2 Å². The maximum absolute atomic E-state index is 12.9. The molecule has 1 atom stereocenters. The highest BCUT2D eigenvalue weighted by Gasteiger charge is 2.36. The number of nitrogens with zero attached hydrogens (tertiary/aromatic N) is 4. The average molecular weight is 451 g/mol. The molecule has 4 rings (SSSR count). The number of anilines is 1. The minimum absolute atomic E-state index is 0.248. The third kappa shape index (κ3) is 4.03. The lowest BCUT2D eigenvalue weighted by Crippen LogP contribution is -2.36. The minimum atomic E-state index is -0.930. The van der Waals surface area contributed by atoms with Gasteiger partial charge in [-0.1, -0.05) is 49.0 Å². The summed E-state index contributed by atoms with van der Waals surface area (Å²) in [4.78, 5) is 30.8. The van der Waals surface area contributed by atoms with Crippen molar-refractivity contribution in [3.8, 4) is 22.9 Å². The first kappa shape index (κ1) is 21.8. The molecule has 1 amide bonds. The number of thioether (sulfide) groups is 1. The number of amides is 1. The number of carbonyl (C=O) groups is 2. The predicted molar refractivity (Wildman–Crippen MR) is 121 cm³/mol. The zero-order chi connectivity index (χ0) is 22.8. The number of benzene rings is 2. The maximum atomic E-state index is 12.9. The lowest BCUT2D eigenvalue weighted by Gasteiger charge is -2.31. The molecule has 1 aliphatic heterocycles. The smallest absolute Gasteiger partial charge is 0.308 e. The fourth-order valence-corrected chi connectivity index (χ4v) is 4.10. The van der Waals surface area contributed by atoms with Gasteiger partial charge in [0.15, 0.2) is 5.69 Å². The van der Waals surface area contributed by atoms with Crippen LogP contribution in [0.5, 0.6) is 11.6 Å². The van der Waals surface area contributed by atoms with Gasteiger partial charge in [0, 0.05) is 19.4 Å². The molecule has 8 nitrogen and oxygen atoms in total. The van der Waals surface area contributed by atoms with E-state index >= 15 is 0 Å². The molecule has 3 aromatic rings. The molecule has 2 aromatic carbocycles. The van der Waals surface area contributed by atoms with Crippen molar-refractivity contribution in [3.63, 3.8) is 0 Å². The summed E-state index contributed by atoms with van der Waals surface area (Å²) in [6.45, 7) is 6.62. The van der Waals surface area contributed by atoms with Crippen molar-refractivity contribution in [3.05, 3.63) is 53.6 Å². The molecule has 2 heterocycles. The maximum Gasteiger partial charge on any atom is 0.308 e. The molecular formula is C23H22N4O4S. The monoisotopic (exact) mass is 450 g/mol. The van der Waals surface area contributed by atoms with E-state index in [1.54, 1.807) is 6.07 Å². The Kier molecular flexibility index (Phi) is 6.09. The van der Waals surface area contributed by atoms with E-state index in [2.05, 4.69) is 15.2 Å². The second-order valence-electron chi connectivity index (χ2n) is 7.14. The van der Waals surface area contributed by atoms with Gasteiger partial charge < -0.3 is 9.47 Å². The number of aromatic nitrogens is 3. The Balaban J connectivity index is 1.98. The molecule has 164 valence electrons. The van der Waals surface area contributed by atoms with Crippen LogP contribution >= 0.6 is 11.8 Å². The molecule has 9 heteroatoms. The van der Waals surface area contributed by atoms with Crippen LogP contribution in [-0.2, 0) is 9.59 Å². The highest BCUT2D eigenvalue weighted by atomic mass is 32.2. The van der Waals surface area contributed by atoms with Gasteiger partial charge in [0.25, 0.3) is 0 Å². The molecule has 1 unspecified atom stereocenters. The van der Waals surface area contributed by atoms with Crippen LogP contribution in [0.4, 0.5) is 5.69 Å². The number of rotatable bonds is 4. The lowest BCUT2D eigenvalue weighted by atomic mass is 10.1. The molecule has 1 aromatic heterocycles. The van der Waals surface area contributed by atoms with Gasteiger partial charge in [-0.3, -0.25) is 14.5 Å². The van der Waals surface area contributed by atoms with Gasteiger partial charge in [0.2, 0.25) is 23.2 Å². The Morgan fingerprint density at radius 1 is 1.12 bits per heavy atom. The molecule has 0 radical (unpaired) electrons. The van der Waals surface area contributed by atoms with Crippen LogP contribution in [0.15, 0.2) is 47.6 Å². The van der Waals surface area contributed by atoms with Gasteiger partial charge in [-0.25, -0.2) is 0 Å². The average Bonchev–Trinajstić information content (AvgIpc) is 2.89. The first-order valence-corrected chi connectivity index (χ1v) is 11.1. The Bertz CT molecular complexity index is 1200. The number of esters is 1. The summed E-state index contributed by atoms with van der Waals surface area (Å²) < 4.78 is 11.9. The molecule has 0 aliphatic carbocycles. The van der Waals surface area contributed by atoms with Gasteiger partial charge >= 0.3 is 5.97 Å². The number of ether oxygens (including phenoxy) is 2. The van der Waals surface area contributed by atoms with Crippen molar-refractivity contribution < 1.29 is 19.1 Å². The molecule has 0 saturated heterocycles. The summed E-state index contributed by atoms with van der Waals surface area (Å²) in [6.07, 6.45) is -0.930. The van der Waals surface area contributed by atoms with E-state index in [1.165, 1.54) is 30.5 Å². The van der Waals surface area contributed by atoms with E-state index in [4.69, 9.17) is 9.47 Å². The molecular weight excluding hydrogens is 428 g/mol. The van der Waals surface area contributed by atoms with Crippen LogP contribution in [-0.4, -0.2) is 32.8 Å². The van der Waals surface area contributed by atoms with Crippen LogP contribution in [0, 0.1) is 6.92 Å². The van der Waals surface area contributed by atoms with Crippen LogP contribution in [0.1, 0.15) is 38.1 Å². The van der Waals surface area contributed by atoms with Crippen LogP contribution in [0.25, 0.3) is 11.3 Å². The van der Waals surface area contributed by atoms with Crippen LogP contribution < -0.4 is 14.4 Å². The van der Waals surface area contributed by atoms with Crippen molar-refractivity contribution >= 4 is 29.3 Å².